The summed E-state index contributed by atoms with van der Waals surface area (Å²) in [4.78, 5) is 0.307. The normalized spacial score (nSPS) is 22.8. The van der Waals surface area contributed by atoms with Gasteiger partial charge in [0.1, 0.15) is 0 Å². The topological polar surface area (TPSA) is 55.8 Å². The SMILES string of the molecule is COc1cc2c(cc1OC)S(=O)(=O)N1C=CC2C1. The Morgan fingerprint density at radius 1 is 1.22 bits per heavy atom. The predicted molar refractivity (Wildman–Crippen MR) is 65.3 cm³/mol. The maximum atomic E-state index is 12.3. The summed E-state index contributed by atoms with van der Waals surface area (Å²) in [7, 11) is -0.405. The lowest BCUT2D eigenvalue weighted by molar-refractivity contribution is 0.352. The molecule has 1 atom stereocenters. The highest BCUT2D eigenvalue weighted by molar-refractivity contribution is 7.89. The van der Waals surface area contributed by atoms with Gasteiger partial charge >= 0.3 is 0 Å². The minimum atomic E-state index is -3.44. The molecule has 96 valence electrons. The Labute approximate surface area is 106 Å². The van der Waals surface area contributed by atoms with Gasteiger partial charge in [-0.15, -0.1) is 0 Å². The van der Waals surface area contributed by atoms with Crippen LogP contribution in [0.4, 0.5) is 0 Å². The lowest BCUT2D eigenvalue weighted by Crippen LogP contribution is -2.31. The molecule has 2 heterocycles. The molecule has 5 nitrogen and oxygen atoms in total. The van der Waals surface area contributed by atoms with Crippen LogP contribution in [0.1, 0.15) is 11.5 Å². The van der Waals surface area contributed by atoms with E-state index in [0.29, 0.717) is 22.9 Å². The molecule has 0 saturated carbocycles. The van der Waals surface area contributed by atoms with E-state index in [2.05, 4.69) is 0 Å². The van der Waals surface area contributed by atoms with Crippen LogP contribution >= 0.6 is 0 Å². The summed E-state index contributed by atoms with van der Waals surface area (Å²) in [6, 6.07) is 3.29. The molecule has 2 aliphatic rings. The van der Waals surface area contributed by atoms with Gasteiger partial charge in [0, 0.05) is 24.7 Å². The van der Waals surface area contributed by atoms with Crippen molar-refractivity contribution in [2.75, 3.05) is 20.8 Å². The summed E-state index contributed by atoms with van der Waals surface area (Å²) in [5.74, 6) is 1.09. The first-order chi connectivity index (χ1) is 8.57. The first-order valence-corrected chi connectivity index (χ1v) is 6.98. The molecule has 0 N–H and O–H groups in total. The fourth-order valence-electron chi connectivity index (χ4n) is 2.41. The van der Waals surface area contributed by atoms with Crippen LogP contribution in [0.5, 0.6) is 11.5 Å². The van der Waals surface area contributed by atoms with Crippen LogP contribution in [0.2, 0.25) is 0 Å². The largest absolute Gasteiger partial charge is 0.493 e. The second-order valence-corrected chi connectivity index (χ2v) is 6.13. The first kappa shape index (κ1) is 11.4. The second-order valence-electron chi connectivity index (χ2n) is 4.27. The number of rotatable bonds is 2. The van der Waals surface area contributed by atoms with Gasteiger partial charge in [0.2, 0.25) is 0 Å². The van der Waals surface area contributed by atoms with Gasteiger partial charge in [-0.3, -0.25) is 4.31 Å². The molecule has 1 aromatic rings. The fraction of sp³-hybridized carbons (Fsp3) is 0.333. The Kier molecular flexibility index (Phi) is 2.31. The lowest BCUT2D eigenvalue weighted by atomic mass is 10.00. The van der Waals surface area contributed by atoms with Crippen molar-refractivity contribution >= 4 is 10.0 Å². The number of sulfonamides is 1. The molecule has 0 aliphatic carbocycles. The van der Waals surface area contributed by atoms with Gasteiger partial charge in [-0.05, 0) is 11.6 Å². The zero-order valence-electron chi connectivity index (χ0n) is 10.1. The van der Waals surface area contributed by atoms with Crippen molar-refractivity contribution in [2.24, 2.45) is 0 Å². The summed E-state index contributed by atoms with van der Waals surface area (Å²) < 4.78 is 36.4. The average molecular weight is 267 g/mol. The van der Waals surface area contributed by atoms with E-state index in [0.717, 1.165) is 5.56 Å². The standard InChI is InChI=1S/C12H13NO4S/c1-16-10-5-9-8-3-4-13(7-8)18(14,15)12(9)6-11(10)17-2/h3-6,8H,7H2,1-2H3. The third-order valence-electron chi connectivity index (χ3n) is 3.36. The number of hydrogen-bond acceptors (Lipinski definition) is 4. The van der Waals surface area contributed by atoms with Crippen LogP contribution in [0.25, 0.3) is 0 Å². The highest BCUT2D eigenvalue weighted by atomic mass is 32.2. The van der Waals surface area contributed by atoms with Crippen molar-refractivity contribution in [3.05, 3.63) is 30.0 Å². The second kappa shape index (κ2) is 3.65. The highest BCUT2D eigenvalue weighted by Crippen LogP contribution is 2.43. The van der Waals surface area contributed by atoms with Gasteiger partial charge in [0.15, 0.2) is 11.5 Å². The lowest BCUT2D eigenvalue weighted by Gasteiger charge is -2.27. The van der Waals surface area contributed by atoms with Gasteiger partial charge in [-0.2, -0.15) is 0 Å². The van der Waals surface area contributed by atoms with Crippen molar-refractivity contribution in [1.82, 2.24) is 4.31 Å². The number of methoxy groups -OCH3 is 2. The van der Waals surface area contributed by atoms with Crippen LogP contribution in [0.15, 0.2) is 29.3 Å². The van der Waals surface area contributed by atoms with Crippen LogP contribution in [0.3, 0.4) is 0 Å². The molecule has 1 unspecified atom stereocenters. The third-order valence-corrected chi connectivity index (χ3v) is 5.16. The summed E-state index contributed by atoms with van der Waals surface area (Å²) in [6.07, 6.45) is 3.52. The van der Waals surface area contributed by atoms with Crippen molar-refractivity contribution in [2.45, 2.75) is 10.8 Å². The molecule has 2 bridgehead atoms. The minimum Gasteiger partial charge on any atom is -0.493 e. The van der Waals surface area contributed by atoms with Crippen molar-refractivity contribution in [3.63, 3.8) is 0 Å². The molecule has 0 amide bonds. The maximum absolute atomic E-state index is 12.3. The monoisotopic (exact) mass is 267 g/mol. The number of nitrogens with zero attached hydrogens (tertiary/aromatic N) is 1. The Hall–Kier alpha value is -1.69. The maximum Gasteiger partial charge on any atom is 0.264 e. The average Bonchev–Trinajstić information content (AvgIpc) is 2.83. The van der Waals surface area contributed by atoms with Crippen molar-refractivity contribution in [3.8, 4) is 11.5 Å². The van der Waals surface area contributed by atoms with Gasteiger partial charge in [0.25, 0.3) is 10.0 Å². The van der Waals surface area contributed by atoms with E-state index in [9.17, 15) is 8.42 Å². The molecule has 6 heteroatoms. The van der Waals surface area contributed by atoms with Crippen LogP contribution in [-0.4, -0.2) is 33.5 Å². The quantitative estimate of drug-likeness (QED) is 0.811. The molecular weight excluding hydrogens is 254 g/mol. The Morgan fingerprint density at radius 3 is 2.56 bits per heavy atom. The van der Waals surface area contributed by atoms with E-state index in [1.807, 2.05) is 6.08 Å². The molecule has 0 aromatic heterocycles. The number of ether oxygens (including phenoxy) is 2. The Morgan fingerprint density at radius 2 is 1.89 bits per heavy atom. The zero-order valence-corrected chi connectivity index (χ0v) is 10.9. The van der Waals surface area contributed by atoms with Crippen LogP contribution in [0, 0.1) is 0 Å². The zero-order chi connectivity index (χ0) is 12.9. The van der Waals surface area contributed by atoms with E-state index in [1.54, 1.807) is 19.4 Å². The molecule has 2 aliphatic heterocycles. The Bertz CT molecular complexity index is 636. The molecule has 3 rings (SSSR count). The van der Waals surface area contributed by atoms with Crippen molar-refractivity contribution in [1.29, 1.82) is 0 Å². The molecule has 1 aromatic carbocycles. The minimum absolute atomic E-state index is 0.100. The van der Waals surface area contributed by atoms with E-state index in [-0.39, 0.29) is 5.92 Å². The first-order valence-electron chi connectivity index (χ1n) is 5.54. The summed E-state index contributed by atoms with van der Waals surface area (Å²) >= 11 is 0. The Balaban J connectivity index is 2.29. The van der Waals surface area contributed by atoms with E-state index in [1.165, 1.54) is 17.5 Å². The summed E-state index contributed by atoms with van der Waals surface area (Å²) in [5.41, 5.74) is 0.776. The van der Waals surface area contributed by atoms with E-state index >= 15 is 0 Å². The number of benzene rings is 1. The smallest absolute Gasteiger partial charge is 0.264 e. The molecule has 0 saturated heterocycles. The number of fused-ring (bicyclic) bond motifs is 4. The van der Waals surface area contributed by atoms with E-state index < -0.39 is 10.0 Å². The van der Waals surface area contributed by atoms with Gasteiger partial charge < -0.3 is 9.47 Å². The van der Waals surface area contributed by atoms with Gasteiger partial charge in [-0.25, -0.2) is 8.42 Å². The molecule has 18 heavy (non-hydrogen) atoms. The van der Waals surface area contributed by atoms with Crippen LogP contribution in [-0.2, 0) is 10.0 Å². The number of hydrogen-bond donors (Lipinski definition) is 0. The molecule has 0 spiro atoms. The van der Waals surface area contributed by atoms with Gasteiger partial charge in [-0.1, -0.05) is 6.08 Å². The van der Waals surface area contributed by atoms with Gasteiger partial charge in [0.05, 0.1) is 19.1 Å². The fourth-order valence-corrected chi connectivity index (χ4v) is 4.02. The van der Waals surface area contributed by atoms with Crippen LogP contribution < -0.4 is 9.47 Å². The summed E-state index contributed by atoms with van der Waals surface area (Å²) in [6.45, 7) is 0.477. The van der Waals surface area contributed by atoms with E-state index in [4.69, 9.17) is 9.47 Å². The predicted octanol–water partition coefficient (Wildman–Crippen LogP) is 1.32. The highest BCUT2D eigenvalue weighted by Gasteiger charge is 2.38. The van der Waals surface area contributed by atoms with Crippen molar-refractivity contribution < 1.29 is 17.9 Å². The molecule has 0 radical (unpaired) electrons. The summed E-state index contributed by atoms with van der Waals surface area (Å²) in [5, 5.41) is 0. The molecule has 0 fully saturated rings. The third kappa shape index (κ3) is 1.35. The molecular formula is C12H13NO4S.